The van der Waals surface area contributed by atoms with Crippen LogP contribution < -0.4 is 4.90 Å². The summed E-state index contributed by atoms with van der Waals surface area (Å²) in [6.45, 7) is 5.77. The van der Waals surface area contributed by atoms with Crippen molar-refractivity contribution >= 4 is 12.1 Å². The molecule has 1 fully saturated rings. The van der Waals surface area contributed by atoms with Gasteiger partial charge in [0.15, 0.2) is 12.1 Å². The van der Waals surface area contributed by atoms with Gasteiger partial charge in [-0.1, -0.05) is 19.0 Å². The lowest BCUT2D eigenvalue weighted by Gasteiger charge is -2.34. The van der Waals surface area contributed by atoms with Gasteiger partial charge in [-0.15, -0.1) is 0 Å². The lowest BCUT2D eigenvalue weighted by atomic mass is 9.94. The molecular formula is C18H32N2O5. The van der Waals surface area contributed by atoms with Crippen molar-refractivity contribution in [3.8, 4) is 0 Å². The molecule has 0 aliphatic carbocycles. The number of piperidine rings is 1. The molecule has 0 spiro atoms. The number of aromatic nitrogens is 1. The van der Waals surface area contributed by atoms with Gasteiger partial charge in [0.05, 0.1) is 5.92 Å². The minimum atomic E-state index is -0.231. The average Bonchev–Trinajstić information content (AvgIpc) is 3.07. The number of nitrogens with zero attached hydrogens (tertiary/aromatic N) is 2. The van der Waals surface area contributed by atoms with E-state index in [1.807, 2.05) is 19.9 Å². The van der Waals surface area contributed by atoms with Crippen LogP contribution in [-0.4, -0.2) is 59.3 Å². The Labute approximate surface area is 150 Å². The van der Waals surface area contributed by atoms with Gasteiger partial charge >= 0.3 is 0 Å². The highest BCUT2D eigenvalue weighted by Gasteiger charge is 2.28. The van der Waals surface area contributed by atoms with Gasteiger partial charge in [0, 0.05) is 53.5 Å². The smallest absolute Gasteiger partial charge is 0.172 e. The Balaban J connectivity index is 0.000000970. The fourth-order valence-electron chi connectivity index (χ4n) is 3.02. The summed E-state index contributed by atoms with van der Waals surface area (Å²) in [6, 6.07) is 1.89. The molecule has 144 valence electrons. The monoisotopic (exact) mass is 356 g/mol. The molecule has 1 aromatic rings. The Morgan fingerprint density at radius 1 is 1.20 bits per heavy atom. The van der Waals surface area contributed by atoms with E-state index in [0.29, 0.717) is 11.7 Å². The number of hydrogen-bond acceptors (Lipinski definition) is 7. The number of anilines is 1. The topological polar surface area (TPSA) is 74.0 Å². The van der Waals surface area contributed by atoms with Crippen LogP contribution in [0.4, 0.5) is 5.82 Å². The van der Waals surface area contributed by atoms with Gasteiger partial charge in [0.25, 0.3) is 0 Å². The summed E-state index contributed by atoms with van der Waals surface area (Å²) in [5.74, 6) is 1.83. The zero-order chi connectivity index (χ0) is 18.8. The number of methoxy groups -OCH3 is 3. The number of ether oxygens (including phenoxy) is 3. The molecule has 1 saturated heterocycles. The Kier molecular flexibility index (Phi) is 9.70. The lowest BCUT2D eigenvalue weighted by Crippen LogP contribution is -2.39. The quantitative estimate of drug-likeness (QED) is 0.549. The Morgan fingerprint density at radius 3 is 2.20 bits per heavy atom. The number of hydrogen-bond donors (Lipinski definition) is 0. The third kappa shape index (κ3) is 6.09. The average molecular weight is 356 g/mol. The van der Waals surface area contributed by atoms with E-state index < -0.39 is 0 Å². The van der Waals surface area contributed by atoms with Crippen LogP contribution >= 0.6 is 0 Å². The second kappa shape index (κ2) is 11.2. The fraction of sp³-hybridized carbons (Fsp3) is 0.778. The van der Waals surface area contributed by atoms with Crippen molar-refractivity contribution in [2.45, 2.75) is 38.9 Å². The van der Waals surface area contributed by atoms with Crippen LogP contribution in [-0.2, 0) is 19.0 Å². The highest BCUT2D eigenvalue weighted by Crippen LogP contribution is 2.29. The van der Waals surface area contributed by atoms with Crippen molar-refractivity contribution in [2.75, 3.05) is 46.4 Å². The summed E-state index contributed by atoms with van der Waals surface area (Å²) in [6.07, 6.45) is 2.75. The van der Waals surface area contributed by atoms with E-state index in [-0.39, 0.29) is 18.1 Å². The summed E-state index contributed by atoms with van der Waals surface area (Å²) in [4.78, 5) is 13.4. The molecule has 0 radical (unpaired) electrons. The van der Waals surface area contributed by atoms with Crippen molar-refractivity contribution in [1.29, 1.82) is 0 Å². The van der Waals surface area contributed by atoms with E-state index in [0.717, 1.165) is 38.0 Å². The molecule has 25 heavy (non-hydrogen) atoms. The Bertz CT molecular complexity index is 480. The maximum atomic E-state index is 11.2. The number of rotatable bonds is 7. The molecule has 1 unspecified atom stereocenters. The first-order valence-electron chi connectivity index (χ1n) is 8.64. The Morgan fingerprint density at radius 2 is 1.76 bits per heavy atom. The van der Waals surface area contributed by atoms with Crippen LogP contribution in [0.3, 0.4) is 0 Å². The van der Waals surface area contributed by atoms with Crippen LogP contribution in [0.1, 0.15) is 38.4 Å². The summed E-state index contributed by atoms with van der Waals surface area (Å²) in [5, 5.41) is 4.13. The summed E-state index contributed by atoms with van der Waals surface area (Å²) < 4.78 is 20.3. The molecule has 0 bridgehead atoms. The molecule has 0 aromatic carbocycles. The van der Waals surface area contributed by atoms with Gasteiger partial charge in [-0.3, -0.25) is 0 Å². The van der Waals surface area contributed by atoms with Gasteiger partial charge < -0.3 is 28.4 Å². The van der Waals surface area contributed by atoms with Crippen LogP contribution in [0.15, 0.2) is 10.6 Å². The van der Waals surface area contributed by atoms with E-state index >= 15 is 0 Å². The summed E-state index contributed by atoms with van der Waals surface area (Å²) in [7, 11) is 6.60. The molecule has 1 aliphatic rings. The predicted octanol–water partition coefficient (Wildman–Crippen LogP) is 2.71. The number of carbonyl (C=O) groups excluding carboxylic acids is 1. The SMILES string of the molecule is COC.COC(OC)C1CCN(c2cc(C(C=O)C(C)C)on2)CC1. The maximum absolute atomic E-state index is 11.2. The zero-order valence-corrected chi connectivity index (χ0v) is 16.2. The van der Waals surface area contributed by atoms with Gasteiger partial charge in [-0.2, -0.15) is 0 Å². The van der Waals surface area contributed by atoms with Gasteiger partial charge in [-0.05, 0) is 18.8 Å². The third-order valence-electron chi connectivity index (χ3n) is 4.42. The van der Waals surface area contributed by atoms with Crippen molar-refractivity contribution in [2.24, 2.45) is 11.8 Å². The standard InChI is InChI=1S/C16H26N2O4.C2H6O/c1-11(2)13(10-19)14-9-15(17-22-14)18-7-5-12(6-8-18)16(20-3)21-4;1-3-2/h9-13,16H,5-8H2,1-4H3;1-2H3. The van der Waals surface area contributed by atoms with Crippen molar-refractivity contribution in [3.63, 3.8) is 0 Å². The summed E-state index contributed by atoms with van der Waals surface area (Å²) in [5.41, 5.74) is 0. The molecule has 2 heterocycles. The lowest BCUT2D eigenvalue weighted by molar-refractivity contribution is -0.141. The second-order valence-corrected chi connectivity index (χ2v) is 6.57. The zero-order valence-electron chi connectivity index (χ0n) is 16.2. The van der Waals surface area contributed by atoms with E-state index in [4.69, 9.17) is 14.0 Å². The summed E-state index contributed by atoms with van der Waals surface area (Å²) >= 11 is 0. The molecule has 1 aromatic heterocycles. The molecule has 0 amide bonds. The molecule has 0 N–H and O–H groups in total. The first-order valence-corrected chi connectivity index (χ1v) is 8.64. The number of aldehydes is 1. The first-order chi connectivity index (χ1) is 12.0. The van der Waals surface area contributed by atoms with Crippen LogP contribution in [0, 0.1) is 11.8 Å². The second-order valence-electron chi connectivity index (χ2n) is 6.57. The van der Waals surface area contributed by atoms with Gasteiger partial charge in [0.1, 0.15) is 12.0 Å². The normalized spacial score (nSPS) is 16.7. The molecule has 1 aliphatic heterocycles. The van der Waals surface area contributed by atoms with Crippen LogP contribution in [0.5, 0.6) is 0 Å². The third-order valence-corrected chi connectivity index (χ3v) is 4.42. The number of carbonyl (C=O) groups is 1. The molecular weight excluding hydrogens is 324 g/mol. The van der Waals surface area contributed by atoms with Crippen LogP contribution in [0.25, 0.3) is 0 Å². The Hall–Kier alpha value is -1.44. The minimum absolute atomic E-state index is 0.143. The van der Waals surface area contributed by atoms with Crippen molar-refractivity contribution in [1.82, 2.24) is 5.16 Å². The highest BCUT2D eigenvalue weighted by atomic mass is 16.7. The van der Waals surface area contributed by atoms with Gasteiger partial charge in [-0.25, -0.2) is 0 Å². The van der Waals surface area contributed by atoms with E-state index in [2.05, 4.69) is 14.8 Å². The minimum Gasteiger partial charge on any atom is -0.388 e. The van der Waals surface area contributed by atoms with E-state index in [1.54, 1.807) is 28.4 Å². The molecule has 0 saturated carbocycles. The van der Waals surface area contributed by atoms with E-state index in [1.165, 1.54) is 0 Å². The molecule has 1 atom stereocenters. The van der Waals surface area contributed by atoms with Crippen molar-refractivity contribution < 1.29 is 23.5 Å². The fourth-order valence-corrected chi connectivity index (χ4v) is 3.02. The molecule has 7 heteroatoms. The molecule has 7 nitrogen and oxygen atoms in total. The molecule has 2 rings (SSSR count). The van der Waals surface area contributed by atoms with Gasteiger partial charge in [0.2, 0.25) is 0 Å². The predicted molar refractivity (Wildman–Crippen MR) is 95.8 cm³/mol. The largest absolute Gasteiger partial charge is 0.388 e. The van der Waals surface area contributed by atoms with Crippen molar-refractivity contribution in [3.05, 3.63) is 11.8 Å². The first kappa shape index (κ1) is 21.6. The highest BCUT2D eigenvalue weighted by molar-refractivity contribution is 5.61. The van der Waals surface area contributed by atoms with E-state index in [9.17, 15) is 4.79 Å². The van der Waals surface area contributed by atoms with Crippen LogP contribution in [0.2, 0.25) is 0 Å². The maximum Gasteiger partial charge on any atom is 0.172 e.